The van der Waals surface area contributed by atoms with Crippen LogP contribution >= 0.6 is 0 Å². The van der Waals surface area contributed by atoms with Crippen molar-refractivity contribution in [1.82, 2.24) is 15.3 Å². The topological polar surface area (TPSA) is 38.7 Å². The Morgan fingerprint density at radius 2 is 1.78 bits per heavy atom. The second-order valence-corrected chi connectivity index (χ2v) is 6.52. The third-order valence-corrected chi connectivity index (χ3v) is 4.89. The molecular formula is C17H23F2N3O. The van der Waals surface area contributed by atoms with Crippen molar-refractivity contribution in [2.75, 3.05) is 14.1 Å². The molecule has 23 heavy (non-hydrogen) atoms. The number of aliphatic hydroxyl groups is 1. The number of nitrogens with zero attached hydrogens (tertiary/aromatic N) is 2. The Morgan fingerprint density at radius 3 is 2.35 bits per heavy atom. The number of halogens is 2. The molecule has 0 amide bonds. The highest BCUT2D eigenvalue weighted by molar-refractivity contribution is 5.69. The van der Waals surface area contributed by atoms with Crippen molar-refractivity contribution >= 4 is 5.70 Å². The molecular weight excluding hydrogens is 300 g/mol. The van der Waals surface area contributed by atoms with Gasteiger partial charge >= 0.3 is 0 Å². The fourth-order valence-electron chi connectivity index (χ4n) is 3.67. The predicted molar refractivity (Wildman–Crippen MR) is 85.0 cm³/mol. The van der Waals surface area contributed by atoms with Crippen LogP contribution in [0.15, 0.2) is 23.8 Å². The van der Waals surface area contributed by atoms with E-state index < -0.39 is 11.6 Å². The number of hydrogen-bond acceptors (Lipinski definition) is 4. The molecule has 0 spiro atoms. The van der Waals surface area contributed by atoms with Crippen molar-refractivity contribution in [2.24, 2.45) is 0 Å². The Bertz CT molecular complexity index is 614. The minimum absolute atomic E-state index is 0.0448. The maximum absolute atomic E-state index is 13.6. The lowest BCUT2D eigenvalue weighted by molar-refractivity contribution is 0.0588. The average Bonchev–Trinajstić information content (AvgIpc) is 2.96. The first kappa shape index (κ1) is 16.4. The molecule has 1 aromatic rings. The van der Waals surface area contributed by atoms with Gasteiger partial charge in [0.05, 0.1) is 11.8 Å². The summed E-state index contributed by atoms with van der Waals surface area (Å²) in [5.41, 5.74) is 2.36. The van der Waals surface area contributed by atoms with Crippen molar-refractivity contribution in [3.63, 3.8) is 0 Å². The van der Waals surface area contributed by atoms with Crippen LogP contribution in [0, 0.1) is 11.6 Å². The Morgan fingerprint density at radius 1 is 1.13 bits per heavy atom. The minimum atomic E-state index is -0.577. The largest absolute Gasteiger partial charge is 0.393 e. The lowest BCUT2D eigenvalue weighted by atomic mass is 10.1. The highest BCUT2D eigenvalue weighted by Gasteiger charge is 2.35. The molecule has 0 radical (unpaired) electrons. The van der Waals surface area contributed by atoms with Crippen molar-refractivity contribution in [2.45, 2.75) is 44.5 Å². The molecule has 6 heteroatoms. The van der Waals surface area contributed by atoms with Crippen LogP contribution < -0.4 is 5.32 Å². The lowest BCUT2D eigenvalue weighted by Gasteiger charge is -2.31. The number of hydrazine groups is 1. The zero-order chi connectivity index (χ0) is 16.7. The molecule has 1 unspecified atom stereocenters. The molecule has 3 atom stereocenters. The normalized spacial score (nSPS) is 29.0. The van der Waals surface area contributed by atoms with Crippen LogP contribution in [0.5, 0.6) is 0 Å². The summed E-state index contributed by atoms with van der Waals surface area (Å²) in [4.78, 5) is 0. The molecule has 1 saturated carbocycles. The molecule has 126 valence electrons. The summed E-state index contributed by atoms with van der Waals surface area (Å²) in [7, 11) is 3.82. The fraction of sp³-hybridized carbons (Fsp3) is 0.529. The first-order valence-electron chi connectivity index (χ1n) is 7.94. The van der Waals surface area contributed by atoms with Gasteiger partial charge in [0, 0.05) is 31.8 Å². The number of benzene rings is 1. The van der Waals surface area contributed by atoms with Gasteiger partial charge in [-0.3, -0.25) is 5.32 Å². The Balaban J connectivity index is 1.89. The summed E-state index contributed by atoms with van der Waals surface area (Å²) in [6, 6.07) is 3.85. The van der Waals surface area contributed by atoms with E-state index in [2.05, 4.69) is 5.32 Å². The van der Waals surface area contributed by atoms with E-state index in [1.807, 2.05) is 31.0 Å². The van der Waals surface area contributed by atoms with E-state index >= 15 is 0 Å². The molecule has 1 aliphatic carbocycles. The molecule has 4 nitrogen and oxygen atoms in total. The summed E-state index contributed by atoms with van der Waals surface area (Å²) < 4.78 is 27.1. The smallest absolute Gasteiger partial charge is 0.126 e. The van der Waals surface area contributed by atoms with E-state index in [1.165, 1.54) is 12.1 Å². The number of rotatable bonds is 3. The highest BCUT2D eigenvalue weighted by Crippen LogP contribution is 2.34. The molecule has 1 aromatic carbocycles. The third-order valence-electron chi connectivity index (χ3n) is 4.89. The van der Waals surface area contributed by atoms with Gasteiger partial charge in [-0.1, -0.05) is 0 Å². The van der Waals surface area contributed by atoms with Gasteiger partial charge in [0.1, 0.15) is 17.8 Å². The summed E-state index contributed by atoms with van der Waals surface area (Å²) >= 11 is 0. The Hall–Kier alpha value is -1.50. The van der Waals surface area contributed by atoms with Crippen LogP contribution in [0.1, 0.15) is 31.7 Å². The van der Waals surface area contributed by atoms with Crippen molar-refractivity contribution < 1.29 is 13.9 Å². The molecule has 0 bridgehead atoms. The predicted octanol–water partition coefficient (Wildman–Crippen LogP) is 2.32. The third kappa shape index (κ3) is 3.11. The van der Waals surface area contributed by atoms with E-state index in [0.29, 0.717) is 5.56 Å². The minimum Gasteiger partial charge on any atom is -0.393 e. The van der Waals surface area contributed by atoms with Crippen LogP contribution in [-0.4, -0.2) is 47.5 Å². The summed E-state index contributed by atoms with van der Waals surface area (Å²) in [5, 5.41) is 17.2. The van der Waals surface area contributed by atoms with E-state index in [1.54, 1.807) is 0 Å². The van der Waals surface area contributed by atoms with Gasteiger partial charge in [0.2, 0.25) is 0 Å². The van der Waals surface area contributed by atoms with Gasteiger partial charge in [-0.25, -0.2) is 13.8 Å². The number of nitrogens with one attached hydrogen (secondary N) is 1. The molecule has 0 aromatic heterocycles. The zero-order valence-corrected chi connectivity index (χ0v) is 13.7. The van der Waals surface area contributed by atoms with Crippen molar-refractivity contribution in [1.29, 1.82) is 0 Å². The molecule has 1 fully saturated rings. The Labute approximate surface area is 135 Å². The van der Waals surface area contributed by atoms with E-state index in [0.717, 1.165) is 36.6 Å². The lowest BCUT2D eigenvalue weighted by Crippen LogP contribution is -2.48. The van der Waals surface area contributed by atoms with Crippen LogP contribution in [0.2, 0.25) is 0 Å². The maximum Gasteiger partial charge on any atom is 0.126 e. The van der Waals surface area contributed by atoms with Crippen LogP contribution in [0.3, 0.4) is 0 Å². The zero-order valence-electron chi connectivity index (χ0n) is 13.7. The highest BCUT2D eigenvalue weighted by atomic mass is 19.1. The van der Waals surface area contributed by atoms with Crippen LogP contribution in [0.25, 0.3) is 5.70 Å². The van der Waals surface area contributed by atoms with Crippen LogP contribution in [0.4, 0.5) is 8.78 Å². The first-order valence-corrected chi connectivity index (χ1v) is 7.94. The van der Waals surface area contributed by atoms with Gasteiger partial charge in [-0.15, -0.1) is 0 Å². The van der Waals surface area contributed by atoms with Crippen LogP contribution in [-0.2, 0) is 0 Å². The molecule has 3 rings (SSSR count). The quantitative estimate of drug-likeness (QED) is 0.895. The van der Waals surface area contributed by atoms with Gasteiger partial charge in [-0.2, -0.15) is 0 Å². The summed E-state index contributed by atoms with van der Waals surface area (Å²) in [6.07, 6.45) is 2.21. The monoisotopic (exact) mass is 323 g/mol. The van der Waals surface area contributed by atoms with Gasteiger partial charge < -0.3 is 10.1 Å². The Kier molecular flexibility index (Phi) is 4.40. The second kappa shape index (κ2) is 6.19. The van der Waals surface area contributed by atoms with E-state index in [9.17, 15) is 13.9 Å². The first-order chi connectivity index (χ1) is 10.9. The molecule has 0 saturated heterocycles. The van der Waals surface area contributed by atoms with E-state index in [4.69, 9.17) is 0 Å². The molecule has 1 heterocycles. The number of likely N-dealkylation sites (N-methyl/N-ethyl adjacent to an activating group) is 1. The molecule has 2 aliphatic rings. The number of aliphatic hydroxyl groups excluding tert-OH is 1. The van der Waals surface area contributed by atoms with E-state index in [-0.39, 0.29) is 18.3 Å². The fourth-order valence-corrected chi connectivity index (χ4v) is 3.67. The molecule has 2 N–H and O–H groups in total. The average molecular weight is 323 g/mol. The van der Waals surface area contributed by atoms with Gasteiger partial charge in [0.25, 0.3) is 0 Å². The SMILES string of the molecule is CC1=C(c2cc(F)cc(F)c2)N(C)N(C)C1N[C@H]1CC[C@@H](O)C1. The summed E-state index contributed by atoms with van der Waals surface area (Å²) in [6.45, 7) is 1.97. The molecule has 1 aliphatic heterocycles. The van der Waals surface area contributed by atoms with Crippen molar-refractivity contribution in [3.05, 3.63) is 41.0 Å². The second-order valence-electron chi connectivity index (χ2n) is 6.52. The maximum atomic E-state index is 13.6. The summed E-state index contributed by atoms with van der Waals surface area (Å²) in [5.74, 6) is -1.15. The number of hydrogen-bond donors (Lipinski definition) is 2. The van der Waals surface area contributed by atoms with Gasteiger partial charge in [-0.05, 0) is 43.9 Å². The standard InChI is InChI=1S/C17H23F2N3O/c1-10-16(11-6-12(18)8-13(19)7-11)21(2)22(3)17(10)20-14-4-5-15(23)9-14/h6-8,14-15,17,20,23H,4-5,9H2,1-3H3/t14-,15+,17?/m0/s1. The van der Waals surface area contributed by atoms with Gasteiger partial charge in [0.15, 0.2) is 0 Å². The van der Waals surface area contributed by atoms with Crippen molar-refractivity contribution in [3.8, 4) is 0 Å².